The van der Waals surface area contributed by atoms with Gasteiger partial charge in [-0.1, -0.05) is 12.1 Å². The molecule has 5 heteroatoms. The number of ether oxygens (including phenoxy) is 1. The summed E-state index contributed by atoms with van der Waals surface area (Å²) in [5, 5.41) is 0. The maximum atomic E-state index is 6.05. The van der Waals surface area contributed by atoms with E-state index in [9.17, 15) is 0 Å². The van der Waals surface area contributed by atoms with Crippen LogP contribution in [0.2, 0.25) is 0 Å². The normalized spacial score (nSPS) is 19.4. The third-order valence-electron chi connectivity index (χ3n) is 4.45. The second kappa shape index (κ2) is 5.18. The first kappa shape index (κ1) is 15.2. The molecule has 4 nitrogen and oxygen atoms in total. The van der Waals surface area contributed by atoms with E-state index in [0.29, 0.717) is 0 Å². The Hall–Kier alpha value is -1.72. The predicted molar refractivity (Wildman–Crippen MR) is 87.6 cm³/mol. The summed E-state index contributed by atoms with van der Waals surface area (Å²) in [5.74, 6) is 1.62. The fraction of sp³-hybridized carbons (Fsp3) is 0.412. The third kappa shape index (κ3) is 2.79. The summed E-state index contributed by atoms with van der Waals surface area (Å²) in [6, 6.07) is 9.78. The van der Waals surface area contributed by atoms with Crippen LogP contribution in [0.15, 0.2) is 42.7 Å². The molecule has 0 aliphatic carbocycles. The van der Waals surface area contributed by atoms with Crippen LogP contribution < -0.4 is 10.2 Å². The van der Waals surface area contributed by atoms with E-state index in [1.54, 1.807) is 0 Å². The van der Waals surface area contributed by atoms with E-state index in [-0.39, 0.29) is 18.3 Å². The van der Waals surface area contributed by atoms with Crippen molar-refractivity contribution >= 4 is 12.6 Å². The van der Waals surface area contributed by atoms with Crippen molar-refractivity contribution in [1.82, 2.24) is 4.57 Å². The minimum Gasteiger partial charge on any atom is -0.456 e. The summed E-state index contributed by atoms with van der Waals surface area (Å²) in [7, 11) is 1.63. The molecule has 1 aromatic carbocycles. The molecule has 0 atom stereocenters. The third-order valence-corrected chi connectivity index (χ3v) is 4.45. The molecule has 1 aliphatic rings. The fourth-order valence-corrected chi connectivity index (χ4v) is 2.35. The molecular weight excluding hydrogens is 277 g/mol. The van der Waals surface area contributed by atoms with Crippen LogP contribution in [-0.2, 0) is 16.4 Å². The van der Waals surface area contributed by atoms with E-state index in [1.165, 1.54) is 0 Å². The SMILES string of the molecule is Cn1ccc(Oc2ccc(B3OC(C)(C)C(C)(C)O3)cc2)c1. The second-order valence-electron chi connectivity index (χ2n) is 6.77. The van der Waals surface area contributed by atoms with Crippen LogP contribution in [0.3, 0.4) is 0 Å². The molecule has 0 saturated carbocycles. The molecule has 0 amide bonds. The Balaban J connectivity index is 1.72. The Morgan fingerprint density at radius 3 is 2.00 bits per heavy atom. The summed E-state index contributed by atoms with van der Waals surface area (Å²) < 4.78 is 19.8. The lowest BCUT2D eigenvalue weighted by Gasteiger charge is -2.32. The lowest BCUT2D eigenvalue weighted by atomic mass is 9.79. The smallest absolute Gasteiger partial charge is 0.456 e. The van der Waals surface area contributed by atoms with Gasteiger partial charge in [0.1, 0.15) is 11.5 Å². The van der Waals surface area contributed by atoms with Crippen molar-refractivity contribution in [3.63, 3.8) is 0 Å². The predicted octanol–water partition coefficient (Wildman–Crippen LogP) is 3.12. The number of nitrogens with zero attached hydrogens (tertiary/aromatic N) is 1. The van der Waals surface area contributed by atoms with Gasteiger partial charge in [-0.15, -0.1) is 0 Å². The zero-order chi connectivity index (χ0) is 16.0. The van der Waals surface area contributed by atoms with Gasteiger partial charge in [0.25, 0.3) is 0 Å². The van der Waals surface area contributed by atoms with Crippen LogP contribution >= 0.6 is 0 Å². The quantitative estimate of drug-likeness (QED) is 0.816. The molecule has 1 fully saturated rings. The van der Waals surface area contributed by atoms with Crippen LogP contribution in [0.1, 0.15) is 27.7 Å². The molecule has 0 bridgehead atoms. The maximum Gasteiger partial charge on any atom is 0.494 e. The Labute approximate surface area is 132 Å². The van der Waals surface area contributed by atoms with E-state index in [4.69, 9.17) is 14.0 Å². The van der Waals surface area contributed by atoms with Crippen molar-refractivity contribution < 1.29 is 14.0 Å². The fourth-order valence-electron chi connectivity index (χ4n) is 2.35. The van der Waals surface area contributed by atoms with Crippen LogP contribution in [0.25, 0.3) is 0 Å². The van der Waals surface area contributed by atoms with Crippen molar-refractivity contribution in [3.8, 4) is 11.5 Å². The van der Waals surface area contributed by atoms with E-state index in [2.05, 4.69) is 27.7 Å². The van der Waals surface area contributed by atoms with Crippen molar-refractivity contribution in [2.75, 3.05) is 0 Å². The van der Waals surface area contributed by atoms with Gasteiger partial charge < -0.3 is 18.6 Å². The molecule has 0 N–H and O–H groups in total. The summed E-state index contributed by atoms with van der Waals surface area (Å²) in [6.07, 6.45) is 3.89. The lowest BCUT2D eigenvalue weighted by Crippen LogP contribution is -2.41. The lowest BCUT2D eigenvalue weighted by molar-refractivity contribution is 0.00578. The van der Waals surface area contributed by atoms with Crippen molar-refractivity contribution in [2.24, 2.45) is 7.05 Å². The zero-order valence-corrected chi connectivity index (χ0v) is 13.8. The minimum absolute atomic E-state index is 0.323. The van der Waals surface area contributed by atoms with Gasteiger partial charge in [0.05, 0.1) is 11.2 Å². The van der Waals surface area contributed by atoms with Crippen LogP contribution in [-0.4, -0.2) is 22.9 Å². The average Bonchev–Trinajstić information content (AvgIpc) is 2.92. The van der Waals surface area contributed by atoms with Gasteiger partial charge in [-0.2, -0.15) is 0 Å². The maximum absolute atomic E-state index is 6.05. The van der Waals surface area contributed by atoms with Crippen molar-refractivity contribution in [2.45, 2.75) is 38.9 Å². The Morgan fingerprint density at radius 1 is 0.909 bits per heavy atom. The summed E-state index contributed by atoms with van der Waals surface area (Å²) in [4.78, 5) is 0. The van der Waals surface area contributed by atoms with Gasteiger partial charge in [0, 0.05) is 19.4 Å². The Morgan fingerprint density at radius 2 is 1.50 bits per heavy atom. The Kier molecular flexibility index (Phi) is 3.58. The standard InChI is InChI=1S/C17H22BNO3/c1-16(2)17(3,4)22-18(21-16)13-6-8-14(9-7-13)20-15-10-11-19(5)12-15/h6-12H,1-5H3. The number of aromatic nitrogens is 1. The van der Waals surface area contributed by atoms with Crippen LogP contribution in [0.5, 0.6) is 11.5 Å². The first-order chi connectivity index (χ1) is 10.3. The summed E-state index contributed by atoms with van der Waals surface area (Å²) in [5.41, 5.74) is 0.354. The molecule has 0 spiro atoms. The van der Waals surface area contributed by atoms with Crippen molar-refractivity contribution in [1.29, 1.82) is 0 Å². The Bertz CT molecular complexity index is 645. The highest BCUT2D eigenvalue weighted by Crippen LogP contribution is 2.36. The largest absolute Gasteiger partial charge is 0.494 e. The topological polar surface area (TPSA) is 32.6 Å². The van der Waals surface area contributed by atoms with E-state index < -0.39 is 0 Å². The number of rotatable bonds is 3. The van der Waals surface area contributed by atoms with Gasteiger partial charge in [0.2, 0.25) is 0 Å². The van der Waals surface area contributed by atoms with E-state index in [1.807, 2.05) is 54.3 Å². The first-order valence-electron chi connectivity index (χ1n) is 7.52. The average molecular weight is 299 g/mol. The molecule has 1 aromatic heterocycles. The number of hydrogen-bond donors (Lipinski definition) is 0. The number of hydrogen-bond acceptors (Lipinski definition) is 3. The minimum atomic E-state index is -0.337. The highest BCUT2D eigenvalue weighted by molar-refractivity contribution is 6.62. The molecule has 0 radical (unpaired) electrons. The molecule has 116 valence electrons. The first-order valence-corrected chi connectivity index (χ1v) is 7.52. The number of aryl methyl sites for hydroxylation is 1. The monoisotopic (exact) mass is 299 g/mol. The highest BCUT2D eigenvalue weighted by Gasteiger charge is 2.51. The van der Waals surface area contributed by atoms with Gasteiger partial charge in [-0.3, -0.25) is 0 Å². The van der Waals surface area contributed by atoms with Gasteiger partial charge >= 0.3 is 7.12 Å². The molecule has 3 rings (SSSR count). The number of benzene rings is 1. The van der Waals surface area contributed by atoms with Crippen molar-refractivity contribution in [3.05, 3.63) is 42.7 Å². The molecule has 22 heavy (non-hydrogen) atoms. The van der Waals surface area contributed by atoms with E-state index >= 15 is 0 Å². The molecule has 2 heterocycles. The van der Waals surface area contributed by atoms with Gasteiger partial charge in [0.15, 0.2) is 0 Å². The molecule has 1 saturated heterocycles. The molecule has 2 aromatic rings. The van der Waals surface area contributed by atoms with Crippen LogP contribution in [0.4, 0.5) is 0 Å². The summed E-state index contributed by atoms with van der Waals surface area (Å²) >= 11 is 0. The second-order valence-corrected chi connectivity index (χ2v) is 6.77. The van der Waals surface area contributed by atoms with E-state index in [0.717, 1.165) is 17.0 Å². The van der Waals surface area contributed by atoms with Gasteiger partial charge in [-0.25, -0.2) is 0 Å². The van der Waals surface area contributed by atoms with Gasteiger partial charge in [-0.05, 0) is 51.4 Å². The highest BCUT2D eigenvalue weighted by atomic mass is 16.7. The van der Waals surface area contributed by atoms with Crippen LogP contribution in [0, 0.1) is 0 Å². The molecular formula is C17H22BNO3. The molecule has 1 aliphatic heterocycles. The summed E-state index contributed by atoms with van der Waals surface area (Å²) in [6.45, 7) is 8.22. The zero-order valence-electron chi connectivity index (χ0n) is 13.8. The molecule has 0 unspecified atom stereocenters.